The van der Waals surface area contributed by atoms with Gasteiger partial charge in [-0.1, -0.05) is 12.1 Å². The lowest BCUT2D eigenvalue weighted by molar-refractivity contribution is 0.310. The van der Waals surface area contributed by atoms with Crippen molar-refractivity contribution < 1.29 is 4.39 Å². The van der Waals surface area contributed by atoms with Crippen molar-refractivity contribution in [3.05, 3.63) is 48.4 Å². The molecule has 0 spiro atoms. The highest BCUT2D eigenvalue weighted by Crippen LogP contribution is 2.27. The van der Waals surface area contributed by atoms with E-state index in [1.165, 1.54) is 19.0 Å². The van der Waals surface area contributed by atoms with Crippen LogP contribution in [0.15, 0.2) is 42.6 Å². The molecule has 0 N–H and O–H groups in total. The van der Waals surface area contributed by atoms with Crippen LogP contribution in [0.25, 0.3) is 11.1 Å². The van der Waals surface area contributed by atoms with Gasteiger partial charge in [0.15, 0.2) is 0 Å². The summed E-state index contributed by atoms with van der Waals surface area (Å²) in [5.74, 6) is 0.834. The molecule has 1 aromatic heterocycles. The smallest absolute Gasteiger partial charge is 0.128 e. The van der Waals surface area contributed by atoms with Crippen LogP contribution < -0.4 is 4.90 Å². The van der Waals surface area contributed by atoms with Crippen LogP contribution in [-0.2, 0) is 0 Å². The maximum atomic E-state index is 13.3. The third-order valence-corrected chi connectivity index (χ3v) is 4.55. The third kappa shape index (κ3) is 2.40. The molecule has 0 saturated carbocycles. The van der Waals surface area contributed by atoms with Gasteiger partial charge in [0, 0.05) is 44.0 Å². The number of fused-ring (bicyclic) bond motifs is 2. The largest absolute Gasteiger partial charge is 0.351 e. The number of nitrogens with zero attached hydrogens (tertiary/aromatic N) is 3. The first-order valence-corrected chi connectivity index (χ1v) is 7.50. The zero-order valence-electron chi connectivity index (χ0n) is 11.9. The van der Waals surface area contributed by atoms with Crippen LogP contribution in [0.2, 0.25) is 0 Å². The predicted octanol–water partition coefficient (Wildman–Crippen LogP) is 2.78. The molecule has 3 heterocycles. The Labute approximate surface area is 124 Å². The summed E-state index contributed by atoms with van der Waals surface area (Å²) in [6, 6.07) is 11.4. The first-order valence-electron chi connectivity index (χ1n) is 7.50. The average molecular weight is 283 g/mol. The fourth-order valence-electron chi connectivity index (χ4n) is 3.40. The molecule has 0 radical (unpaired) electrons. The Morgan fingerprint density at radius 1 is 1.05 bits per heavy atom. The molecule has 2 aliphatic heterocycles. The summed E-state index contributed by atoms with van der Waals surface area (Å²) in [6.45, 7) is 4.55. The van der Waals surface area contributed by atoms with Gasteiger partial charge in [0.25, 0.3) is 0 Å². The number of rotatable bonds is 2. The van der Waals surface area contributed by atoms with Crippen LogP contribution >= 0.6 is 0 Å². The van der Waals surface area contributed by atoms with Gasteiger partial charge in [-0.3, -0.25) is 4.90 Å². The van der Waals surface area contributed by atoms with Gasteiger partial charge < -0.3 is 4.90 Å². The lowest BCUT2D eigenvalue weighted by atomic mass is 10.1. The van der Waals surface area contributed by atoms with E-state index in [2.05, 4.69) is 20.9 Å². The van der Waals surface area contributed by atoms with Crippen LogP contribution in [0.4, 0.5) is 10.2 Å². The van der Waals surface area contributed by atoms with Gasteiger partial charge in [-0.2, -0.15) is 0 Å². The number of aromatic nitrogens is 1. The third-order valence-electron chi connectivity index (χ3n) is 4.55. The van der Waals surface area contributed by atoms with Gasteiger partial charge in [0.05, 0.1) is 0 Å². The van der Waals surface area contributed by atoms with Gasteiger partial charge in [0.1, 0.15) is 11.6 Å². The van der Waals surface area contributed by atoms with Gasteiger partial charge >= 0.3 is 0 Å². The summed E-state index contributed by atoms with van der Waals surface area (Å²) in [5, 5.41) is 0. The Kier molecular flexibility index (Phi) is 3.11. The normalized spacial score (nSPS) is 24.3. The van der Waals surface area contributed by atoms with E-state index < -0.39 is 0 Å². The number of piperazine rings is 1. The molecule has 2 aliphatic rings. The topological polar surface area (TPSA) is 19.4 Å². The number of halogens is 1. The Bertz CT molecular complexity index is 641. The number of hydrogen-bond donors (Lipinski definition) is 0. The number of anilines is 1. The van der Waals surface area contributed by atoms with E-state index in [0.717, 1.165) is 36.6 Å². The molecule has 4 heteroatoms. The maximum absolute atomic E-state index is 13.3. The lowest BCUT2D eigenvalue weighted by Gasteiger charge is -2.35. The minimum atomic E-state index is -0.210. The molecule has 2 aromatic rings. The Morgan fingerprint density at radius 3 is 2.81 bits per heavy atom. The molecule has 3 nitrogen and oxygen atoms in total. The Morgan fingerprint density at radius 2 is 2.00 bits per heavy atom. The highest BCUT2D eigenvalue weighted by atomic mass is 19.1. The number of benzene rings is 1. The highest BCUT2D eigenvalue weighted by molar-refractivity contribution is 5.64. The van der Waals surface area contributed by atoms with Crippen molar-refractivity contribution in [2.45, 2.75) is 12.5 Å². The predicted molar refractivity (Wildman–Crippen MR) is 81.8 cm³/mol. The van der Waals surface area contributed by atoms with Crippen molar-refractivity contribution in [3.8, 4) is 11.1 Å². The van der Waals surface area contributed by atoms with Crippen molar-refractivity contribution in [3.63, 3.8) is 0 Å². The van der Waals surface area contributed by atoms with Crippen LogP contribution in [-0.4, -0.2) is 42.1 Å². The minimum Gasteiger partial charge on any atom is -0.351 e. The molecule has 4 rings (SSSR count). The zero-order valence-corrected chi connectivity index (χ0v) is 11.9. The van der Waals surface area contributed by atoms with Crippen molar-refractivity contribution >= 4 is 5.82 Å². The Balaban J connectivity index is 1.59. The first-order chi connectivity index (χ1) is 10.3. The van der Waals surface area contributed by atoms with E-state index >= 15 is 0 Å². The quantitative estimate of drug-likeness (QED) is 0.845. The summed E-state index contributed by atoms with van der Waals surface area (Å²) in [6.07, 6.45) is 3.08. The van der Waals surface area contributed by atoms with Gasteiger partial charge in [0.2, 0.25) is 0 Å². The molecule has 2 bridgehead atoms. The zero-order chi connectivity index (χ0) is 14.2. The van der Waals surface area contributed by atoms with E-state index in [1.807, 2.05) is 18.3 Å². The van der Waals surface area contributed by atoms with Crippen LogP contribution in [0.1, 0.15) is 6.42 Å². The molecular weight excluding hydrogens is 265 g/mol. The van der Waals surface area contributed by atoms with Crippen molar-refractivity contribution in [2.75, 3.05) is 31.1 Å². The molecule has 108 valence electrons. The molecule has 0 aliphatic carbocycles. The standard InChI is InChI=1S/C17H18FN3/c18-15-3-1-2-13(10-15)14-4-5-17(19-11-14)21-9-8-20-7-6-16(21)12-20/h1-5,10-11,16H,6-9,12H2. The Hall–Kier alpha value is -1.94. The maximum Gasteiger partial charge on any atom is 0.128 e. The first kappa shape index (κ1) is 12.8. The van der Waals surface area contributed by atoms with Gasteiger partial charge in [-0.15, -0.1) is 0 Å². The second kappa shape index (κ2) is 5.11. The second-order valence-corrected chi connectivity index (χ2v) is 5.85. The number of pyridine rings is 1. The van der Waals surface area contributed by atoms with Crippen LogP contribution in [0, 0.1) is 5.82 Å². The summed E-state index contributed by atoms with van der Waals surface area (Å²) < 4.78 is 13.3. The van der Waals surface area contributed by atoms with Crippen molar-refractivity contribution in [1.29, 1.82) is 0 Å². The van der Waals surface area contributed by atoms with Gasteiger partial charge in [-0.05, 0) is 36.2 Å². The summed E-state index contributed by atoms with van der Waals surface area (Å²) >= 11 is 0. The fourth-order valence-corrected chi connectivity index (χ4v) is 3.40. The van der Waals surface area contributed by atoms with E-state index in [-0.39, 0.29) is 5.82 Å². The molecule has 2 atom stereocenters. The fraction of sp³-hybridized carbons (Fsp3) is 0.353. The number of hydrogen-bond acceptors (Lipinski definition) is 3. The average Bonchev–Trinajstić information content (AvgIpc) is 2.89. The minimum absolute atomic E-state index is 0.210. The summed E-state index contributed by atoms with van der Waals surface area (Å²) in [5.41, 5.74) is 1.84. The second-order valence-electron chi connectivity index (χ2n) is 5.85. The molecule has 0 amide bonds. The molecule has 1 aromatic carbocycles. The van der Waals surface area contributed by atoms with Gasteiger partial charge in [-0.25, -0.2) is 9.37 Å². The van der Waals surface area contributed by atoms with E-state index in [0.29, 0.717) is 6.04 Å². The van der Waals surface area contributed by atoms with Crippen LogP contribution in [0.5, 0.6) is 0 Å². The van der Waals surface area contributed by atoms with E-state index in [1.54, 1.807) is 12.1 Å². The molecule has 2 unspecified atom stereocenters. The SMILES string of the molecule is Fc1cccc(-c2ccc(N3CCN4CCC3C4)nc2)c1. The van der Waals surface area contributed by atoms with E-state index in [9.17, 15) is 4.39 Å². The van der Waals surface area contributed by atoms with Crippen molar-refractivity contribution in [1.82, 2.24) is 9.88 Å². The molecule has 2 fully saturated rings. The lowest BCUT2D eigenvalue weighted by Crippen LogP contribution is -2.47. The molecule has 21 heavy (non-hydrogen) atoms. The highest BCUT2D eigenvalue weighted by Gasteiger charge is 2.32. The molecule has 2 saturated heterocycles. The van der Waals surface area contributed by atoms with E-state index in [4.69, 9.17) is 0 Å². The summed E-state index contributed by atoms with van der Waals surface area (Å²) in [7, 11) is 0. The van der Waals surface area contributed by atoms with Crippen LogP contribution in [0.3, 0.4) is 0 Å². The van der Waals surface area contributed by atoms with Crippen molar-refractivity contribution in [2.24, 2.45) is 0 Å². The molecular formula is C17H18FN3. The monoisotopic (exact) mass is 283 g/mol. The summed E-state index contributed by atoms with van der Waals surface area (Å²) in [4.78, 5) is 9.54.